The summed E-state index contributed by atoms with van der Waals surface area (Å²) in [6.07, 6.45) is 5.61. The second-order valence-corrected chi connectivity index (χ2v) is 7.77. The number of anilines is 2. The number of hydrogen-bond acceptors (Lipinski definition) is 5. The largest absolute Gasteiger partial charge is 0.383 e. The van der Waals surface area contributed by atoms with Crippen LogP contribution in [0.1, 0.15) is 28.8 Å². The minimum atomic E-state index is 0.429. The summed E-state index contributed by atoms with van der Waals surface area (Å²) < 4.78 is 0.429. The molecule has 0 spiro atoms. The Morgan fingerprint density at radius 3 is 2.80 bits per heavy atom. The predicted octanol–water partition coefficient (Wildman–Crippen LogP) is 1.84. The molecule has 1 aliphatic carbocycles. The lowest BCUT2D eigenvalue weighted by Crippen LogP contribution is -2.50. The lowest BCUT2D eigenvalue weighted by Gasteiger charge is -2.45. The van der Waals surface area contributed by atoms with Crippen molar-refractivity contribution in [1.29, 1.82) is 0 Å². The van der Waals surface area contributed by atoms with Gasteiger partial charge in [0.25, 0.3) is 0 Å². The molecule has 0 amide bonds. The molecule has 5 nitrogen and oxygen atoms in total. The Hall–Kier alpha value is -0.630. The topological polar surface area (TPSA) is 58.3 Å². The highest BCUT2D eigenvalue weighted by Gasteiger charge is 2.41. The van der Waals surface area contributed by atoms with E-state index in [0.717, 1.165) is 23.8 Å². The van der Waals surface area contributed by atoms with Crippen molar-refractivity contribution in [2.75, 3.05) is 36.8 Å². The van der Waals surface area contributed by atoms with Crippen LogP contribution in [0.2, 0.25) is 0 Å². The van der Waals surface area contributed by atoms with Gasteiger partial charge in [-0.05, 0) is 38.3 Å². The van der Waals surface area contributed by atoms with E-state index in [9.17, 15) is 0 Å². The highest BCUT2D eigenvalue weighted by atomic mass is 127. The fraction of sp³-hybridized carbons (Fsp3) is 0.714. The van der Waals surface area contributed by atoms with Crippen molar-refractivity contribution in [1.82, 2.24) is 14.9 Å². The van der Waals surface area contributed by atoms with Crippen LogP contribution in [-0.4, -0.2) is 47.1 Å². The number of aromatic nitrogens is 2. The minimum absolute atomic E-state index is 0.429. The lowest BCUT2D eigenvalue weighted by atomic mass is 9.78. The molecular formula is C14H20IN5. The standard InChI is InChI=1S/C14H20IN5/c15-11-7-20(14-12(11)13(16)17-8-18-14)10-4-9(5-10)6-19-2-1-3-19/h8-11H,1-7H2,(H2,16,17,18)/t9-,10+,11?. The summed E-state index contributed by atoms with van der Waals surface area (Å²) in [6.45, 7) is 4.97. The molecule has 1 aromatic heterocycles. The molecule has 108 valence electrons. The smallest absolute Gasteiger partial charge is 0.138 e. The van der Waals surface area contributed by atoms with E-state index in [-0.39, 0.29) is 0 Å². The number of halogens is 1. The molecule has 1 aromatic rings. The third-order valence-electron chi connectivity index (χ3n) is 4.95. The van der Waals surface area contributed by atoms with Crippen LogP contribution in [0.3, 0.4) is 0 Å². The second-order valence-electron chi connectivity index (χ2n) is 6.26. The zero-order valence-corrected chi connectivity index (χ0v) is 13.7. The van der Waals surface area contributed by atoms with E-state index >= 15 is 0 Å². The molecule has 3 heterocycles. The van der Waals surface area contributed by atoms with Gasteiger partial charge in [0.1, 0.15) is 18.0 Å². The minimum Gasteiger partial charge on any atom is -0.383 e. The maximum absolute atomic E-state index is 6.01. The third kappa shape index (κ3) is 2.07. The van der Waals surface area contributed by atoms with Crippen LogP contribution in [0, 0.1) is 5.92 Å². The first-order chi connectivity index (χ1) is 9.72. The molecular weight excluding hydrogens is 365 g/mol. The van der Waals surface area contributed by atoms with Crippen LogP contribution in [-0.2, 0) is 0 Å². The van der Waals surface area contributed by atoms with Crippen LogP contribution >= 0.6 is 22.6 Å². The van der Waals surface area contributed by atoms with Crippen LogP contribution in [0.4, 0.5) is 11.6 Å². The molecule has 1 saturated carbocycles. The average Bonchev–Trinajstić information content (AvgIpc) is 2.64. The second kappa shape index (κ2) is 4.98. The molecule has 2 aliphatic heterocycles. The highest BCUT2D eigenvalue weighted by Crippen LogP contribution is 2.46. The van der Waals surface area contributed by atoms with E-state index in [0.29, 0.717) is 15.8 Å². The number of fused-ring (bicyclic) bond motifs is 1. The van der Waals surface area contributed by atoms with Gasteiger partial charge < -0.3 is 15.5 Å². The van der Waals surface area contributed by atoms with Crippen molar-refractivity contribution in [3.63, 3.8) is 0 Å². The van der Waals surface area contributed by atoms with E-state index in [1.54, 1.807) is 6.33 Å². The number of nitrogens with zero attached hydrogens (tertiary/aromatic N) is 4. The van der Waals surface area contributed by atoms with Gasteiger partial charge in [-0.25, -0.2) is 9.97 Å². The molecule has 6 heteroatoms. The number of likely N-dealkylation sites (tertiary alicyclic amines) is 1. The first-order valence-corrected chi connectivity index (χ1v) is 8.70. The molecule has 2 N–H and O–H groups in total. The highest BCUT2D eigenvalue weighted by molar-refractivity contribution is 14.1. The summed E-state index contributed by atoms with van der Waals surface area (Å²) in [5.41, 5.74) is 7.17. The Morgan fingerprint density at radius 2 is 2.10 bits per heavy atom. The first kappa shape index (κ1) is 13.1. The van der Waals surface area contributed by atoms with Crippen molar-refractivity contribution >= 4 is 34.2 Å². The Kier molecular flexibility index (Phi) is 3.25. The molecule has 1 unspecified atom stereocenters. The summed E-state index contributed by atoms with van der Waals surface area (Å²) in [7, 11) is 0. The number of hydrogen-bond donors (Lipinski definition) is 1. The SMILES string of the molecule is Nc1ncnc2c1C(I)CN2[C@H]1C[C@@H](CN2CCC2)C1. The molecule has 3 aliphatic rings. The monoisotopic (exact) mass is 385 g/mol. The van der Waals surface area contributed by atoms with Gasteiger partial charge in [-0.1, -0.05) is 22.6 Å². The van der Waals surface area contributed by atoms with E-state index < -0.39 is 0 Å². The third-order valence-corrected chi connectivity index (χ3v) is 5.97. The van der Waals surface area contributed by atoms with Crippen molar-refractivity contribution in [3.05, 3.63) is 11.9 Å². The van der Waals surface area contributed by atoms with Gasteiger partial charge in [0.15, 0.2) is 0 Å². The van der Waals surface area contributed by atoms with Crippen LogP contribution in [0.25, 0.3) is 0 Å². The van der Waals surface area contributed by atoms with Gasteiger partial charge in [-0.15, -0.1) is 0 Å². The van der Waals surface area contributed by atoms with Crippen molar-refractivity contribution in [2.45, 2.75) is 29.2 Å². The molecule has 20 heavy (non-hydrogen) atoms. The van der Waals surface area contributed by atoms with E-state index in [1.807, 2.05) is 0 Å². The zero-order valence-electron chi connectivity index (χ0n) is 11.5. The Labute approximate surface area is 133 Å². The lowest BCUT2D eigenvalue weighted by molar-refractivity contribution is 0.108. The Bertz CT molecular complexity index is 512. The maximum Gasteiger partial charge on any atom is 0.138 e. The number of alkyl halides is 1. The molecule has 2 fully saturated rings. The molecule has 4 rings (SSSR count). The first-order valence-electron chi connectivity index (χ1n) is 7.46. The van der Waals surface area contributed by atoms with Gasteiger partial charge in [-0.2, -0.15) is 0 Å². The summed E-state index contributed by atoms with van der Waals surface area (Å²) in [4.78, 5) is 13.7. The fourth-order valence-corrected chi connectivity index (χ4v) is 4.66. The fourth-order valence-electron chi connectivity index (χ4n) is 3.63. The quantitative estimate of drug-likeness (QED) is 0.636. The van der Waals surface area contributed by atoms with Gasteiger partial charge in [0, 0.05) is 19.1 Å². The van der Waals surface area contributed by atoms with Crippen LogP contribution < -0.4 is 10.6 Å². The summed E-state index contributed by atoms with van der Waals surface area (Å²) >= 11 is 2.47. The average molecular weight is 385 g/mol. The maximum atomic E-state index is 6.01. The van der Waals surface area contributed by atoms with E-state index in [2.05, 4.69) is 42.4 Å². The molecule has 1 atom stereocenters. The van der Waals surface area contributed by atoms with Crippen LogP contribution in [0.5, 0.6) is 0 Å². The molecule has 0 aromatic carbocycles. The van der Waals surface area contributed by atoms with Gasteiger partial charge in [-0.3, -0.25) is 0 Å². The van der Waals surface area contributed by atoms with Crippen molar-refractivity contribution in [2.24, 2.45) is 5.92 Å². The Morgan fingerprint density at radius 1 is 1.30 bits per heavy atom. The van der Waals surface area contributed by atoms with E-state index in [1.165, 1.54) is 38.9 Å². The van der Waals surface area contributed by atoms with E-state index in [4.69, 9.17) is 5.73 Å². The van der Waals surface area contributed by atoms with Crippen molar-refractivity contribution < 1.29 is 0 Å². The number of nitrogens with two attached hydrogens (primary N) is 1. The molecule has 0 radical (unpaired) electrons. The summed E-state index contributed by atoms with van der Waals surface area (Å²) in [5, 5.41) is 0. The van der Waals surface area contributed by atoms with Crippen LogP contribution in [0.15, 0.2) is 6.33 Å². The summed E-state index contributed by atoms with van der Waals surface area (Å²) in [5.74, 6) is 2.63. The molecule has 0 bridgehead atoms. The van der Waals surface area contributed by atoms with Gasteiger partial charge >= 0.3 is 0 Å². The summed E-state index contributed by atoms with van der Waals surface area (Å²) in [6, 6.07) is 0.661. The molecule has 1 saturated heterocycles. The normalized spacial score (nSPS) is 32.6. The van der Waals surface area contributed by atoms with Gasteiger partial charge in [0.05, 0.1) is 9.49 Å². The number of nitrogen functional groups attached to an aromatic ring is 1. The zero-order chi connectivity index (χ0) is 13.7. The predicted molar refractivity (Wildman–Crippen MR) is 88.1 cm³/mol. The van der Waals surface area contributed by atoms with Crippen molar-refractivity contribution in [3.8, 4) is 0 Å². The Balaban J connectivity index is 1.43. The number of rotatable bonds is 3. The van der Waals surface area contributed by atoms with Gasteiger partial charge in [0.2, 0.25) is 0 Å².